The summed E-state index contributed by atoms with van der Waals surface area (Å²) in [4.78, 5) is 23.5. The molecule has 0 spiro atoms. The van der Waals surface area contributed by atoms with Gasteiger partial charge in [0.1, 0.15) is 0 Å². The molecule has 1 unspecified atom stereocenters. The van der Waals surface area contributed by atoms with Crippen molar-refractivity contribution in [2.45, 2.75) is 25.5 Å². The highest BCUT2D eigenvalue weighted by Gasteiger charge is 2.19. The van der Waals surface area contributed by atoms with E-state index in [9.17, 15) is 9.59 Å². The predicted octanol–water partition coefficient (Wildman–Crippen LogP) is 1.91. The highest BCUT2D eigenvalue weighted by atomic mass is 35.5. The lowest BCUT2D eigenvalue weighted by atomic mass is 10.1. The Bertz CT molecular complexity index is 408. The summed E-state index contributed by atoms with van der Waals surface area (Å²) >= 11 is 5.53. The molecule has 104 valence electrons. The summed E-state index contributed by atoms with van der Waals surface area (Å²) in [5.74, 6) is 0.0157. The highest BCUT2D eigenvalue weighted by molar-refractivity contribution is 6.17. The Morgan fingerprint density at radius 2 is 2.00 bits per heavy atom. The Balaban J connectivity index is 2.47. The summed E-state index contributed by atoms with van der Waals surface area (Å²) in [6.45, 7) is 0. The molecule has 0 radical (unpaired) electrons. The van der Waals surface area contributed by atoms with Gasteiger partial charge in [-0.3, -0.25) is 9.59 Å². The van der Waals surface area contributed by atoms with Gasteiger partial charge in [0.15, 0.2) is 12.0 Å². The third-order valence-electron chi connectivity index (χ3n) is 2.58. The Kier molecular flexibility index (Phi) is 7.15. The molecule has 1 N–H and O–H groups in total. The van der Waals surface area contributed by atoms with E-state index >= 15 is 0 Å². The summed E-state index contributed by atoms with van der Waals surface area (Å²) < 4.78 is 4.99. The Hall–Kier alpha value is -1.39. The molecule has 1 aromatic carbocycles. The molecule has 5 heteroatoms. The first-order valence-corrected chi connectivity index (χ1v) is 6.65. The molecule has 19 heavy (non-hydrogen) atoms. The number of amides is 1. The van der Waals surface area contributed by atoms with Crippen LogP contribution in [0.2, 0.25) is 0 Å². The minimum atomic E-state index is -0.889. The van der Waals surface area contributed by atoms with Gasteiger partial charge in [0.2, 0.25) is 5.91 Å². The summed E-state index contributed by atoms with van der Waals surface area (Å²) in [6.07, 6.45) is 0.214. The number of Topliss-reactive ketones (excluding diaryl/α,β-unsaturated/α-hetero) is 1. The molecule has 0 fully saturated rings. The molecule has 0 aliphatic rings. The number of carbonyl (C=O) groups excluding carboxylic acids is 2. The minimum Gasteiger partial charge on any atom is -0.354 e. The molecule has 1 amide bonds. The van der Waals surface area contributed by atoms with Crippen molar-refractivity contribution in [2.75, 3.05) is 13.0 Å². The number of ketones is 1. The largest absolute Gasteiger partial charge is 0.354 e. The lowest BCUT2D eigenvalue weighted by Crippen LogP contribution is -2.42. The van der Waals surface area contributed by atoms with Gasteiger partial charge < -0.3 is 10.1 Å². The number of methoxy groups -OCH3 is 1. The van der Waals surface area contributed by atoms with Crippen molar-refractivity contribution >= 4 is 23.3 Å². The Morgan fingerprint density at radius 1 is 1.32 bits per heavy atom. The van der Waals surface area contributed by atoms with Crippen molar-refractivity contribution in [1.29, 1.82) is 0 Å². The van der Waals surface area contributed by atoms with E-state index in [1.54, 1.807) is 0 Å². The van der Waals surface area contributed by atoms with E-state index in [2.05, 4.69) is 5.32 Å². The quantitative estimate of drug-likeness (QED) is 0.586. The van der Waals surface area contributed by atoms with Crippen molar-refractivity contribution in [3.05, 3.63) is 35.9 Å². The van der Waals surface area contributed by atoms with E-state index < -0.39 is 6.23 Å². The Morgan fingerprint density at radius 3 is 2.58 bits per heavy atom. The van der Waals surface area contributed by atoms with Crippen molar-refractivity contribution in [2.24, 2.45) is 0 Å². The molecule has 0 saturated heterocycles. The summed E-state index contributed by atoms with van der Waals surface area (Å²) in [7, 11) is 1.39. The van der Waals surface area contributed by atoms with E-state index in [0.717, 1.165) is 5.56 Å². The zero-order valence-electron chi connectivity index (χ0n) is 10.9. The van der Waals surface area contributed by atoms with Crippen LogP contribution in [-0.4, -0.2) is 30.9 Å². The molecule has 0 aliphatic heterocycles. The number of alkyl halides is 1. The summed E-state index contributed by atoms with van der Waals surface area (Å²) in [5, 5.41) is 2.57. The number of nitrogens with one attached hydrogen (secondary N) is 1. The fraction of sp³-hybridized carbons (Fsp3) is 0.429. The lowest BCUT2D eigenvalue weighted by molar-refractivity contribution is -0.137. The second kappa shape index (κ2) is 8.67. The number of halogens is 1. The van der Waals surface area contributed by atoms with Crippen LogP contribution in [0.3, 0.4) is 0 Å². The van der Waals surface area contributed by atoms with Gasteiger partial charge in [-0.25, -0.2) is 0 Å². The molecule has 1 rings (SSSR count). The standard InChI is InChI=1S/C14H18ClNO3/c1-19-14(12(17)8-5-9-15)16-13(18)10-11-6-3-2-4-7-11/h2-4,6-7,14H,5,8-10H2,1H3,(H,16,18). The van der Waals surface area contributed by atoms with Gasteiger partial charge in [-0.2, -0.15) is 0 Å². The number of carbonyl (C=O) groups is 2. The predicted molar refractivity (Wildman–Crippen MR) is 74.0 cm³/mol. The molecule has 1 atom stereocenters. The average Bonchev–Trinajstić information content (AvgIpc) is 2.43. The molecule has 0 saturated carbocycles. The molecule has 0 bridgehead atoms. The van der Waals surface area contributed by atoms with Crippen LogP contribution >= 0.6 is 11.6 Å². The van der Waals surface area contributed by atoms with Gasteiger partial charge in [0.05, 0.1) is 6.42 Å². The van der Waals surface area contributed by atoms with E-state index in [1.807, 2.05) is 30.3 Å². The van der Waals surface area contributed by atoms with Crippen LogP contribution in [0.1, 0.15) is 18.4 Å². The van der Waals surface area contributed by atoms with Gasteiger partial charge in [-0.1, -0.05) is 30.3 Å². The molecule has 4 nitrogen and oxygen atoms in total. The van der Waals surface area contributed by atoms with E-state index in [-0.39, 0.29) is 18.1 Å². The van der Waals surface area contributed by atoms with Gasteiger partial charge in [0.25, 0.3) is 0 Å². The summed E-state index contributed by atoms with van der Waals surface area (Å²) in [6, 6.07) is 9.33. The fourth-order valence-electron chi connectivity index (χ4n) is 1.62. The molecule has 1 aromatic rings. The smallest absolute Gasteiger partial charge is 0.226 e. The van der Waals surface area contributed by atoms with Crippen LogP contribution in [0.4, 0.5) is 0 Å². The van der Waals surface area contributed by atoms with Crippen molar-refractivity contribution in [3.63, 3.8) is 0 Å². The molecule has 0 heterocycles. The van der Waals surface area contributed by atoms with Crippen LogP contribution in [0.25, 0.3) is 0 Å². The zero-order chi connectivity index (χ0) is 14.1. The van der Waals surface area contributed by atoms with Crippen molar-refractivity contribution in [3.8, 4) is 0 Å². The monoisotopic (exact) mass is 283 g/mol. The topological polar surface area (TPSA) is 55.4 Å². The fourth-order valence-corrected chi connectivity index (χ4v) is 1.76. The third-order valence-corrected chi connectivity index (χ3v) is 2.85. The first-order valence-electron chi connectivity index (χ1n) is 6.12. The normalized spacial score (nSPS) is 11.9. The molecular formula is C14H18ClNO3. The SMILES string of the molecule is COC(NC(=O)Cc1ccccc1)C(=O)CCCCl. The van der Waals surface area contributed by atoms with Crippen LogP contribution in [0.5, 0.6) is 0 Å². The van der Waals surface area contributed by atoms with Crippen LogP contribution in [0, 0.1) is 0 Å². The molecular weight excluding hydrogens is 266 g/mol. The highest BCUT2D eigenvalue weighted by Crippen LogP contribution is 2.02. The maximum atomic E-state index is 11.8. The average molecular weight is 284 g/mol. The van der Waals surface area contributed by atoms with Gasteiger partial charge in [-0.15, -0.1) is 11.6 Å². The number of benzene rings is 1. The van der Waals surface area contributed by atoms with E-state index in [1.165, 1.54) is 7.11 Å². The van der Waals surface area contributed by atoms with Crippen LogP contribution < -0.4 is 5.32 Å². The minimum absolute atomic E-state index is 0.162. The number of hydrogen-bond donors (Lipinski definition) is 1. The first kappa shape index (κ1) is 15.7. The van der Waals surface area contributed by atoms with Crippen molar-refractivity contribution < 1.29 is 14.3 Å². The first-order chi connectivity index (χ1) is 9.17. The van der Waals surface area contributed by atoms with Crippen LogP contribution in [0.15, 0.2) is 30.3 Å². The maximum absolute atomic E-state index is 11.8. The van der Waals surface area contributed by atoms with Gasteiger partial charge >= 0.3 is 0 Å². The third kappa shape index (κ3) is 5.85. The van der Waals surface area contributed by atoms with Crippen molar-refractivity contribution in [1.82, 2.24) is 5.32 Å². The van der Waals surface area contributed by atoms with E-state index in [4.69, 9.17) is 16.3 Å². The number of hydrogen-bond acceptors (Lipinski definition) is 3. The number of rotatable bonds is 8. The second-order valence-electron chi connectivity index (χ2n) is 4.10. The van der Waals surface area contributed by atoms with Gasteiger partial charge in [-0.05, 0) is 12.0 Å². The van der Waals surface area contributed by atoms with Gasteiger partial charge in [0, 0.05) is 19.4 Å². The second-order valence-corrected chi connectivity index (χ2v) is 4.48. The zero-order valence-corrected chi connectivity index (χ0v) is 11.7. The lowest BCUT2D eigenvalue weighted by Gasteiger charge is -2.15. The number of ether oxygens (including phenoxy) is 1. The molecule has 0 aromatic heterocycles. The molecule has 0 aliphatic carbocycles. The van der Waals surface area contributed by atoms with Crippen LogP contribution in [-0.2, 0) is 20.7 Å². The Labute approximate surface area is 118 Å². The summed E-state index contributed by atoms with van der Waals surface area (Å²) in [5.41, 5.74) is 0.892. The maximum Gasteiger partial charge on any atom is 0.226 e. The van der Waals surface area contributed by atoms with E-state index in [0.29, 0.717) is 18.7 Å².